The van der Waals surface area contributed by atoms with E-state index in [-0.39, 0.29) is 17.6 Å². The van der Waals surface area contributed by atoms with Crippen LogP contribution < -0.4 is 10.1 Å². The molecule has 4 rings (SSSR count). The van der Waals surface area contributed by atoms with Crippen molar-refractivity contribution in [2.75, 3.05) is 13.7 Å². The maximum absolute atomic E-state index is 14.4. The van der Waals surface area contributed by atoms with Crippen molar-refractivity contribution in [1.82, 2.24) is 20.1 Å². The van der Waals surface area contributed by atoms with E-state index in [1.165, 1.54) is 10.7 Å². The number of halogens is 1. The number of hydrogen-bond donors (Lipinski definition) is 1. The number of carbonyl (C=O) groups excluding carboxylic acids is 1. The summed E-state index contributed by atoms with van der Waals surface area (Å²) in [5.74, 6) is 1.33. The summed E-state index contributed by atoms with van der Waals surface area (Å²) in [6, 6.07) is 14.1. The van der Waals surface area contributed by atoms with E-state index in [9.17, 15) is 9.18 Å². The largest absolute Gasteiger partial charge is 0.496 e. The standard InChI is InChI=1S/C20H19FN4O2/c1-27-17-9-5-2-6-13(17)10-18-23-20(14-11-19(26)22-12-14)25(24-18)16-8-4-3-7-15(16)21/h2-9,14H,10-12H2,1H3,(H,22,26). The Balaban J connectivity index is 1.76. The van der Waals surface area contributed by atoms with Crippen LogP contribution in [0.4, 0.5) is 4.39 Å². The molecule has 1 fully saturated rings. The van der Waals surface area contributed by atoms with E-state index < -0.39 is 0 Å². The zero-order chi connectivity index (χ0) is 18.8. The summed E-state index contributed by atoms with van der Waals surface area (Å²) in [6.07, 6.45) is 0.772. The van der Waals surface area contributed by atoms with Crippen molar-refractivity contribution < 1.29 is 13.9 Å². The molecule has 0 bridgehead atoms. The van der Waals surface area contributed by atoms with Gasteiger partial charge in [0.05, 0.1) is 7.11 Å². The highest BCUT2D eigenvalue weighted by molar-refractivity contribution is 5.79. The number of para-hydroxylation sites is 2. The molecule has 1 aliphatic rings. The fourth-order valence-corrected chi connectivity index (χ4v) is 3.32. The summed E-state index contributed by atoms with van der Waals surface area (Å²) in [4.78, 5) is 16.3. The van der Waals surface area contributed by atoms with Crippen molar-refractivity contribution in [2.24, 2.45) is 0 Å². The first-order valence-electron chi connectivity index (χ1n) is 8.75. The van der Waals surface area contributed by atoms with Gasteiger partial charge in [0.15, 0.2) is 5.82 Å². The van der Waals surface area contributed by atoms with Crippen molar-refractivity contribution in [3.05, 3.63) is 71.6 Å². The Hall–Kier alpha value is -3.22. The summed E-state index contributed by atoms with van der Waals surface area (Å²) < 4.78 is 21.3. The molecule has 138 valence electrons. The number of rotatable bonds is 5. The molecule has 2 aromatic carbocycles. The van der Waals surface area contributed by atoms with Crippen molar-refractivity contribution in [1.29, 1.82) is 0 Å². The molecule has 3 aromatic rings. The molecule has 0 radical (unpaired) electrons. The molecule has 27 heavy (non-hydrogen) atoms. The van der Waals surface area contributed by atoms with Crippen LogP contribution in [0.5, 0.6) is 5.75 Å². The minimum Gasteiger partial charge on any atom is -0.496 e. The monoisotopic (exact) mass is 366 g/mol. The quantitative estimate of drug-likeness (QED) is 0.754. The number of amides is 1. The van der Waals surface area contributed by atoms with E-state index in [4.69, 9.17) is 4.74 Å². The van der Waals surface area contributed by atoms with Gasteiger partial charge in [0.25, 0.3) is 0 Å². The van der Waals surface area contributed by atoms with Crippen LogP contribution in [0.15, 0.2) is 48.5 Å². The van der Waals surface area contributed by atoms with E-state index >= 15 is 0 Å². The molecule has 2 heterocycles. The summed E-state index contributed by atoms with van der Waals surface area (Å²) >= 11 is 0. The highest BCUT2D eigenvalue weighted by atomic mass is 19.1. The van der Waals surface area contributed by atoms with Gasteiger partial charge in [-0.05, 0) is 18.2 Å². The number of carbonyl (C=O) groups is 1. The lowest BCUT2D eigenvalue weighted by molar-refractivity contribution is -0.119. The number of nitrogens with one attached hydrogen (secondary N) is 1. The molecule has 1 saturated heterocycles. The van der Waals surface area contributed by atoms with Crippen LogP contribution in [0.3, 0.4) is 0 Å². The maximum atomic E-state index is 14.4. The van der Waals surface area contributed by atoms with Crippen LogP contribution in [-0.2, 0) is 11.2 Å². The molecule has 7 heteroatoms. The number of aromatic nitrogens is 3. The number of benzene rings is 2. The number of methoxy groups -OCH3 is 1. The minimum atomic E-state index is -0.384. The number of ether oxygens (including phenoxy) is 1. The minimum absolute atomic E-state index is 0.0330. The molecule has 0 spiro atoms. The third-order valence-corrected chi connectivity index (χ3v) is 4.64. The van der Waals surface area contributed by atoms with Crippen molar-refractivity contribution in [3.8, 4) is 11.4 Å². The van der Waals surface area contributed by atoms with E-state index in [0.717, 1.165) is 11.3 Å². The Morgan fingerprint density at radius 3 is 2.74 bits per heavy atom. The van der Waals surface area contributed by atoms with Crippen LogP contribution in [-0.4, -0.2) is 34.3 Å². The van der Waals surface area contributed by atoms with Gasteiger partial charge in [-0.3, -0.25) is 4.79 Å². The summed E-state index contributed by atoms with van der Waals surface area (Å²) in [6.45, 7) is 0.472. The van der Waals surface area contributed by atoms with Gasteiger partial charge in [-0.2, -0.15) is 5.10 Å². The molecule has 1 amide bonds. The lowest BCUT2D eigenvalue weighted by Crippen LogP contribution is -2.15. The lowest BCUT2D eigenvalue weighted by atomic mass is 10.1. The van der Waals surface area contributed by atoms with Crippen LogP contribution in [0, 0.1) is 5.82 Å². The van der Waals surface area contributed by atoms with E-state index in [2.05, 4.69) is 15.4 Å². The van der Waals surface area contributed by atoms with Gasteiger partial charge in [-0.15, -0.1) is 0 Å². The first-order chi connectivity index (χ1) is 13.2. The van der Waals surface area contributed by atoms with Crippen molar-refractivity contribution in [2.45, 2.75) is 18.8 Å². The first kappa shape index (κ1) is 17.2. The molecule has 0 aliphatic carbocycles. The van der Waals surface area contributed by atoms with Crippen LogP contribution in [0.25, 0.3) is 5.69 Å². The molecule has 1 atom stereocenters. The summed E-state index contributed by atoms with van der Waals surface area (Å²) in [5, 5.41) is 7.36. The highest BCUT2D eigenvalue weighted by Gasteiger charge is 2.29. The van der Waals surface area contributed by atoms with E-state index in [0.29, 0.717) is 36.7 Å². The third kappa shape index (κ3) is 3.40. The average molecular weight is 366 g/mol. The molecule has 1 aliphatic heterocycles. The fourth-order valence-electron chi connectivity index (χ4n) is 3.32. The Bertz CT molecular complexity index is 986. The van der Waals surface area contributed by atoms with Gasteiger partial charge in [0.2, 0.25) is 5.91 Å². The third-order valence-electron chi connectivity index (χ3n) is 4.64. The van der Waals surface area contributed by atoms with E-state index in [1.807, 2.05) is 24.3 Å². The van der Waals surface area contributed by atoms with E-state index in [1.54, 1.807) is 25.3 Å². The predicted molar refractivity (Wildman–Crippen MR) is 97.5 cm³/mol. The lowest BCUT2D eigenvalue weighted by Gasteiger charge is -2.10. The maximum Gasteiger partial charge on any atom is 0.220 e. The van der Waals surface area contributed by atoms with Gasteiger partial charge >= 0.3 is 0 Å². The molecular formula is C20H19FN4O2. The van der Waals surface area contributed by atoms with Crippen LogP contribution in [0.2, 0.25) is 0 Å². The van der Waals surface area contributed by atoms with Gasteiger partial charge < -0.3 is 10.1 Å². The second-order valence-corrected chi connectivity index (χ2v) is 6.44. The van der Waals surface area contributed by atoms with Gasteiger partial charge in [-0.25, -0.2) is 14.1 Å². The summed E-state index contributed by atoms with van der Waals surface area (Å²) in [7, 11) is 1.62. The zero-order valence-electron chi connectivity index (χ0n) is 14.9. The van der Waals surface area contributed by atoms with Gasteiger partial charge in [0, 0.05) is 30.9 Å². The molecular weight excluding hydrogens is 347 g/mol. The molecule has 1 N–H and O–H groups in total. The Labute approximate surface area is 156 Å². The SMILES string of the molecule is COc1ccccc1Cc1nc(C2CNC(=O)C2)n(-c2ccccc2F)n1. The van der Waals surface area contributed by atoms with Crippen molar-refractivity contribution in [3.63, 3.8) is 0 Å². The van der Waals surface area contributed by atoms with Gasteiger partial charge in [-0.1, -0.05) is 30.3 Å². The number of nitrogens with zero attached hydrogens (tertiary/aromatic N) is 3. The molecule has 0 saturated carbocycles. The Morgan fingerprint density at radius 2 is 2.00 bits per heavy atom. The normalized spacial score (nSPS) is 16.4. The topological polar surface area (TPSA) is 69.0 Å². The first-order valence-corrected chi connectivity index (χ1v) is 8.75. The Morgan fingerprint density at radius 1 is 1.22 bits per heavy atom. The molecule has 1 unspecified atom stereocenters. The fraction of sp³-hybridized carbons (Fsp3) is 0.250. The average Bonchev–Trinajstić information content (AvgIpc) is 3.29. The molecule has 6 nitrogen and oxygen atoms in total. The number of hydrogen-bond acceptors (Lipinski definition) is 4. The highest BCUT2D eigenvalue weighted by Crippen LogP contribution is 2.27. The van der Waals surface area contributed by atoms with Crippen LogP contribution in [0.1, 0.15) is 29.6 Å². The Kier molecular flexibility index (Phi) is 4.58. The van der Waals surface area contributed by atoms with Crippen molar-refractivity contribution >= 4 is 5.91 Å². The zero-order valence-corrected chi connectivity index (χ0v) is 14.9. The second kappa shape index (κ2) is 7.19. The summed E-state index contributed by atoms with van der Waals surface area (Å²) in [5.41, 5.74) is 1.27. The molecule has 1 aromatic heterocycles. The van der Waals surface area contributed by atoms with Gasteiger partial charge in [0.1, 0.15) is 23.1 Å². The second-order valence-electron chi connectivity index (χ2n) is 6.44. The van der Waals surface area contributed by atoms with Crippen LogP contribution >= 0.6 is 0 Å². The smallest absolute Gasteiger partial charge is 0.220 e. The predicted octanol–water partition coefficient (Wildman–Crippen LogP) is 2.61.